The average molecular weight is 403 g/mol. The van der Waals surface area contributed by atoms with Crippen molar-refractivity contribution in [3.05, 3.63) is 23.3 Å². The van der Waals surface area contributed by atoms with Crippen LogP contribution < -0.4 is 0 Å². The van der Waals surface area contributed by atoms with E-state index in [4.69, 9.17) is 4.74 Å². The molecular weight excluding hydrogens is 367 g/mol. The molecule has 0 radical (unpaired) electrons. The molecule has 0 aliphatic heterocycles. The average Bonchev–Trinajstić information content (AvgIpc) is 2.94. The van der Waals surface area contributed by atoms with Crippen LogP contribution in [0.2, 0.25) is 0 Å². The molecule has 0 unspecified atom stereocenters. The van der Waals surface area contributed by atoms with Crippen LogP contribution in [0.25, 0.3) is 0 Å². The van der Waals surface area contributed by atoms with Gasteiger partial charge in [-0.2, -0.15) is 0 Å². The second kappa shape index (κ2) is 6.78. The number of hydrogen-bond donors (Lipinski definition) is 0. The summed E-state index contributed by atoms with van der Waals surface area (Å²) < 4.78 is 22.8. The number of esters is 1. The van der Waals surface area contributed by atoms with Crippen molar-refractivity contribution in [1.82, 2.24) is 0 Å². The van der Waals surface area contributed by atoms with Crippen LogP contribution in [-0.2, 0) is 14.3 Å². The van der Waals surface area contributed by atoms with Gasteiger partial charge in [0.2, 0.25) is 0 Å². The minimum absolute atomic E-state index is 0.0261. The van der Waals surface area contributed by atoms with E-state index in [1.807, 2.05) is 26.8 Å². The summed E-state index contributed by atoms with van der Waals surface area (Å²) in [6, 6.07) is 0. The molecule has 4 heteroatoms. The maximum atomic E-state index is 16.9. The van der Waals surface area contributed by atoms with Gasteiger partial charge < -0.3 is 4.74 Å². The summed E-state index contributed by atoms with van der Waals surface area (Å²) in [5.74, 6) is 0.370. The Hall–Kier alpha value is -1.45. The SMILES string of the molecule is CC1=C[C@@]2(C)C(=CC1=O)CC[C@H]1[C@@H]3CC[C@@H](OC(=O)CC(C)C)[C@@]3(C)CC[C@@]12F. The lowest BCUT2D eigenvalue weighted by atomic mass is 9.46. The normalized spacial score (nSPS) is 43.8. The third kappa shape index (κ3) is 2.96. The fourth-order valence-corrected chi connectivity index (χ4v) is 7.05. The Morgan fingerprint density at radius 2 is 1.93 bits per heavy atom. The van der Waals surface area contributed by atoms with Crippen molar-refractivity contribution in [1.29, 1.82) is 0 Å². The minimum atomic E-state index is -1.33. The molecule has 3 saturated carbocycles. The summed E-state index contributed by atoms with van der Waals surface area (Å²) in [7, 11) is 0. The van der Waals surface area contributed by atoms with Gasteiger partial charge in [-0.1, -0.05) is 32.4 Å². The van der Waals surface area contributed by atoms with Crippen molar-refractivity contribution < 1.29 is 18.7 Å². The Kier molecular flexibility index (Phi) is 4.87. The number of allylic oxidation sites excluding steroid dienone is 4. The maximum Gasteiger partial charge on any atom is 0.306 e. The number of rotatable bonds is 3. The number of alkyl halides is 1. The van der Waals surface area contributed by atoms with Gasteiger partial charge in [0.25, 0.3) is 0 Å². The summed E-state index contributed by atoms with van der Waals surface area (Å²) in [5, 5.41) is 0. The quantitative estimate of drug-likeness (QED) is 0.566. The molecule has 0 N–H and O–H groups in total. The third-order valence-corrected chi connectivity index (χ3v) is 8.73. The van der Waals surface area contributed by atoms with Crippen LogP contribution in [0.4, 0.5) is 4.39 Å². The van der Waals surface area contributed by atoms with Crippen LogP contribution in [0.1, 0.15) is 79.6 Å². The molecule has 0 aromatic carbocycles. The molecule has 0 heterocycles. The first-order chi connectivity index (χ1) is 13.5. The molecule has 6 atom stereocenters. The smallest absolute Gasteiger partial charge is 0.306 e. The molecule has 0 amide bonds. The first-order valence-corrected chi connectivity index (χ1v) is 11.3. The number of carbonyl (C=O) groups excluding carboxylic acids is 2. The third-order valence-electron chi connectivity index (χ3n) is 8.73. The van der Waals surface area contributed by atoms with Crippen molar-refractivity contribution in [2.45, 2.75) is 91.3 Å². The summed E-state index contributed by atoms with van der Waals surface area (Å²) >= 11 is 0. The lowest BCUT2D eigenvalue weighted by molar-refractivity contribution is -0.168. The Morgan fingerprint density at radius 1 is 1.21 bits per heavy atom. The van der Waals surface area contributed by atoms with Crippen LogP contribution >= 0.6 is 0 Å². The van der Waals surface area contributed by atoms with Crippen molar-refractivity contribution in [2.24, 2.45) is 28.6 Å². The first kappa shape index (κ1) is 20.8. The molecule has 0 aromatic heterocycles. The van der Waals surface area contributed by atoms with Crippen molar-refractivity contribution >= 4 is 11.8 Å². The summed E-state index contributed by atoms with van der Waals surface area (Å²) in [5.41, 5.74) is -0.544. The molecular formula is C25H35FO3. The predicted octanol–water partition coefficient (Wildman–Crippen LogP) is 5.73. The monoisotopic (exact) mass is 402 g/mol. The van der Waals surface area contributed by atoms with E-state index in [0.717, 1.165) is 37.7 Å². The van der Waals surface area contributed by atoms with Gasteiger partial charge in [-0.05, 0) is 81.8 Å². The van der Waals surface area contributed by atoms with Crippen LogP contribution in [-0.4, -0.2) is 23.5 Å². The first-order valence-electron chi connectivity index (χ1n) is 11.3. The molecule has 4 aliphatic rings. The van der Waals surface area contributed by atoms with Crippen molar-refractivity contribution in [3.8, 4) is 0 Å². The van der Waals surface area contributed by atoms with Gasteiger partial charge in [0.05, 0.1) is 0 Å². The van der Waals surface area contributed by atoms with Gasteiger partial charge in [0.1, 0.15) is 11.8 Å². The lowest BCUT2D eigenvalue weighted by Crippen LogP contribution is -2.60. The Balaban J connectivity index is 1.62. The van der Waals surface area contributed by atoms with Gasteiger partial charge in [-0.15, -0.1) is 0 Å². The Morgan fingerprint density at radius 3 is 2.62 bits per heavy atom. The minimum Gasteiger partial charge on any atom is -0.462 e. The number of ether oxygens (including phenoxy) is 1. The second-order valence-corrected chi connectivity index (χ2v) is 10.8. The molecule has 29 heavy (non-hydrogen) atoms. The fraction of sp³-hybridized carbons (Fsp3) is 0.760. The van der Waals surface area contributed by atoms with E-state index in [0.29, 0.717) is 18.4 Å². The van der Waals surface area contributed by atoms with E-state index in [2.05, 4.69) is 6.92 Å². The van der Waals surface area contributed by atoms with Gasteiger partial charge in [-0.3, -0.25) is 9.59 Å². The highest BCUT2D eigenvalue weighted by molar-refractivity contribution is 6.05. The number of carbonyl (C=O) groups is 2. The number of ketones is 1. The molecule has 0 spiro atoms. The molecule has 0 bridgehead atoms. The Bertz CT molecular complexity index is 796. The van der Waals surface area contributed by atoms with Gasteiger partial charge in [0.15, 0.2) is 5.78 Å². The van der Waals surface area contributed by atoms with E-state index in [1.54, 1.807) is 13.0 Å². The lowest BCUT2D eigenvalue weighted by Gasteiger charge is -2.60. The van der Waals surface area contributed by atoms with Crippen LogP contribution in [0.15, 0.2) is 23.3 Å². The van der Waals surface area contributed by atoms with Crippen molar-refractivity contribution in [2.75, 3.05) is 0 Å². The van der Waals surface area contributed by atoms with Crippen LogP contribution in [0.5, 0.6) is 0 Å². The maximum absolute atomic E-state index is 16.9. The van der Waals surface area contributed by atoms with Gasteiger partial charge >= 0.3 is 5.97 Å². The molecule has 3 fully saturated rings. The highest BCUT2D eigenvalue weighted by atomic mass is 19.1. The zero-order valence-electron chi connectivity index (χ0n) is 18.5. The highest BCUT2D eigenvalue weighted by Gasteiger charge is 2.67. The topological polar surface area (TPSA) is 43.4 Å². The van der Waals surface area contributed by atoms with E-state index in [9.17, 15) is 9.59 Å². The number of hydrogen-bond acceptors (Lipinski definition) is 3. The summed E-state index contributed by atoms with van der Waals surface area (Å²) in [4.78, 5) is 24.5. The number of halogens is 1. The predicted molar refractivity (Wildman–Crippen MR) is 111 cm³/mol. The molecule has 0 saturated heterocycles. The summed E-state index contributed by atoms with van der Waals surface area (Å²) in [6.45, 7) is 10.1. The second-order valence-electron chi connectivity index (χ2n) is 10.8. The molecule has 3 nitrogen and oxygen atoms in total. The van der Waals surface area contributed by atoms with Crippen molar-refractivity contribution in [3.63, 3.8) is 0 Å². The highest BCUT2D eigenvalue weighted by Crippen LogP contribution is 2.68. The van der Waals surface area contributed by atoms with E-state index >= 15 is 4.39 Å². The van der Waals surface area contributed by atoms with E-state index in [1.165, 1.54) is 0 Å². The fourth-order valence-electron chi connectivity index (χ4n) is 7.05. The number of fused-ring (bicyclic) bond motifs is 5. The van der Waals surface area contributed by atoms with Gasteiger partial charge in [0, 0.05) is 17.3 Å². The van der Waals surface area contributed by atoms with Crippen LogP contribution in [0.3, 0.4) is 0 Å². The molecule has 4 aliphatic carbocycles. The molecule has 160 valence electrons. The zero-order chi connectivity index (χ0) is 21.2. The Labute approximate surface area is 174 Å². The standard InChI is InChI=1S/C25H35FO3/c1-15(2)12-22(28)29-21-9-8-18-19-7-6-17-13-20(27)16(3)14-24(17,5)25(19,26)11-10-23(18,21)4/h13-15,18-19,21H,6-12H2,1-5H3/t18-,19-,21+,23-,24-,25+/m0/s1. The molecule has 0 aromatic rings. The zero-order valence-corrected chi connectivity index (χ0v) is 18.5. The van der Waals surface area contributed by atoms with E-state index < -0.39 is 11.1 Å². The van der Waals surface area contributed by atoms with E-state index in [-0.39, 0.29) is 41.0 Å². The largest absolute Gasteiger partial charge is 0.462 e. The van der Waals surface area contributed by atoms with Crippen LogP contribution in [0, 0.1) is 28.6 Å². The molecule has 4 rings (SSSR count). The summed E-state index contributed by atoms with van der Waals surface area (Å²) in [6.07, 6.45) is 8.48. The van der Waals surface area contributed by atoms with Gasteiger partial charge in [-0.25, -0.2) is 4.39 Å².